The van der Waals surface area contributed by atoms with Crippen LogP contribution in [-0.4, -0.2) is 36.1 Å². The van der Waals surface area contributed by atoms with Crippen molar-refractivity contribution in [1.29, 1.82) is 0 Å². The number of pyridine rings is 1. The quantitative estimate of drug-likeness (QED) is 0.704. The molecule has 1 rings (SSSR count). The van der Waals surface area contributed by atoms with Gasteiger partial charge in [-0.3, -0.25) is 4.79 Å². The number of methoxy groups -OCH3 is 1. The van der Waals surface area contributed by atoms with Gasteiger partial charge in [-0.2, -0.15) is 0 Å². The van der Waals surface area contributed by atoms with E-state index in [1.165, 1.54) is 19.2 Å². The molecule has 0 aliphatic heterocycles. The lowest BCUT2D eigenvalue weighted by molar-refractivity contribution is -0.120. The Labute approximate surface area is 117 Å². The maximum absolute atomic E-state index is 11.7. The Kier molecular flexibility index (Phi) is 4.90. The number of carbonyl (C=O) groups is 2. The second-order valence-electron chi connectivity index (χ2n) is 5.28. The molecule has 0 radical (unpaired) electrons. The van der Waals surface area contributed by atoms with Gasteiger partial charge in [-0.25, -0.2) is 9.78 Å². The zero-order valence-corrected chi connectivity index (χ0v) is 12.1. The number of anilines is 2. The molecule has 0 fully saturated rings. The van der Waals surface area contributed by atoms with Crippen molar-refractivity contribution in [2.75, 3.05) is 24.7 Å². The standard InChI is InChI=1S/C13H20N4O3/c1-13(2,3)17-10(18)7-15-11-8(14)5-6-9(16-11)12(19)20-4/h5-6H,7,14H2,1-4H3,(H,15,16)(H,17,18). The lowest BCUT2D eigenvalue weighted by Crippen LogP contribution is -2.43. The molecule has 7 heteroatoms. The third-order valence-corrected chi connectivity index (χ3v) is 2.25. The van der Waals surface area contributed by atoms with Crippen LogP contribution < -0.4 is 16.4 Å². The van der Waals surface area contributed by atoms with Crippen molar-refractivity contribution < 1.29 is 14.3 Å². The monoisotopic (exact) mass is 280 g/mol. The maximum Gasteiger partial charge on any atom is 0.356 e. The predicted molar refractivity (Wildman–Crippen MR) is 76.4 cm³/mol. The third-order valence-electron chi connectivity index (χ3n) is 2.25. The number of hydrogen-bond acceptors (Lipinski definition) is 6. The third kappa shape index (κ3) is 4.75. The number of aromatic nitrogens is 1. The van der Waals surface area contributed by atoms with Crippen LogP contribution in [0.5, 0.6) is 0 Å². The highest BCUT2D eigenvalue weighted by atomic mass is 16.5. The van der Waals surface area contributed by atoms with Crippen LogP contribution in [0, 0.1) is 0 Å². The minimum absolute atomic E-state index is 0.0130. The van der Waals surface area contributed by atoms with Gasteiger partial charge in [0.15, 0.2) is 11.5 Å². The zero-order chi connectivity index (χ0) is 15.3. The van der Waals surface area contributed by atoms with Crippen LogP contribution in [0.2, 0.25) is 0 Å². The van der Waals surface area contributed by atoms with Crippen molar-refractivity contribution in [3.05, 3.63) is 17.8 Å². The summed E-state index contributed by atoms with van der Waals surface area (Å²) in [6, 6.07) is 2.99. The lowest BCUT2D eigenvalue weighted by atomic mass is 10.1. The largest absolute Gasteiger partial charge is 0.464 e. The molecule has 1 amide bonds. The van der Waals surface area contributed by atoms with E-state index in [0.717, 1.165) is 0 Å². The fourth-order valence-electron chi connectivity index (χ4n) is 1.46. The van der Waals surface area contributed by atoms with E-state index < -0.39 is 5.97 Å². The van der Waals surface area contributed by atoms with Crippen LogP contribution in [-0.2, 0) is 9.53 Å². The normalized spacial score (nSPS) is 10.8. The number of nitrogen functional groups attached to an aromatic ring is 1. The van der Waals surface area contributed by atoms with Gasteiger partial charge < -0.3 is 21.1 Å². The summed E-state index contributed by atoms with van der Waals surface area (Å²) in [6.45, 7) is 5.67. The predicted octanol–water partition coefficient (Wildman–Crippen LogP) is 0.777. The van der Waals surface area contributed by atoms with Crippen molar-refractivity contribution in [1.82, 2.24) is 10.3 Å². The SMILES string of the molecule is COC(=O)c1ccc(N)c(NCC(=O)NC(C)(C)C)n1. The molecule has 110 valence electrons. The van der Waals surface area contributed by atoms with E-state index in [1.54, 1.807) is 0 Å². The number of carbonyl (C=O) groups excluding carboxylic acids is 2. The van der Waals surface area contributed by atoms with Gasteiger partial charge in [0.1, 0.15) is 0 Å². The van der Waals surface area contributed by atoms with Crippen molar-refractivity contribution in [2.45, 2.75) is 26.3 Å². The second kappa shape index (κ2) is 6.23. The van der Waals surface area contributed by atoms with E-state index in [0.29, 0.717) is 5.69 Å². The van der Waals surface area contributed by atoms with Gasteiger partial charge in [0.05, 0.1) is 19.3 Å². The molecule has 0 bridgehead atoms. The Hall–Kier alpha value is -2.31. The van der Waals surface area contributed by atoms with Crippen molar-refractivity contribution in [3.63, 3.8) is 0 Å². The highest BCUT2D eigenvalue weighted by Gasteiger charge is 2.15. The van der Waals surface area contributed by atoms with Gasteiger partial charge in [0.2, 0.25) is 5.91 Å². The number of esters is 1. The Balaban J connectivity index is 2.72. The van der Waals surface area contributed by atoms with Gasteiger partial charge in [-0.05, 0) is 32.9 Å². The minimum atomic E-state index is -0.563. The summed E-state index contributed by atoms with van der Waals surface area (Å²) in [4.78, 5) is 27.1. The van der Waals surface area contributed by atoms with Gasteiger partial charge in [-0.1, -0.05) is 0 Å². The molecule has 0 saturated carbocycles. The Morgan fingerprint density at radius 1 is 1.35 bits per heavy atom. The Morgan fingerprint density at radius 3 is 2.55 bits per heavy atom. The van der Waals surface area contributed by atoms with Gasteiger partial charge in [-0.15, -0.1) is 0 Å². The summed E-state index contributed by atoms with van der Waals surface area (Å²) < 4.78 is 4.57. The van der Waals surface area contributed by atoms with Crippen LogP contribution >= 0.6 is 0 Å². The van der Waals surface area contributed by atoms with Crippen LogP contribution in [0.25, 0.3) is 0 Å². The molecule has 7 nitrogen and oxygen atoms in total. The first-order valence-corrected chi connectivity index (χ1v) is 6.12. The van der Waals surface area contributed by atoms with Crippen molar-refractivity contribution >= 4 is 23.4 Å². The first-order valence-electron chi connectivity index (χ1n) is 6.12. The molecule has 0 unspecified atom stereocenters. The van der Waals surface area contributed by atoms with E-state index in [1.807, 2.05) is 20.8 Å². The van der Waals surface area contributed by atoms with Crippen molar-refractivity contribution in [3.8, 4) is 0 Å². The summed E-state index contributed by atoms with van der Waals surface area (Å²) in [5, 5.41) is 5.59. The number of nitrogens with two attached hydrogens (primary N) is 1. The van der Waals surface area contributed by atoms with E-state index in [9.17, 15) is 9.59 Å². The summed E-state index contributed by atoms with van der Waals surface area (Å²) in [6.07, 6.45) is 0. The number of nitrogens with one attached hydrogen (secondary N) is 2. The number of amides is 1. The molecule has 0 aliphatic rings. The summed E-state index contributed by atoms with van der Waals surface area (Å²) in [5.41, 5.74) is 5.90. The summed E-state index contributed by atoms with van der Waals surface area (Å²) in [5.74, 6) is -0.480. The van der Waals surface area contributed by atoms with Crippen molar-refractivity contribution in [2.24, 2.45) is 0 Å². The molecular weight excluding hydrogens is 260 g/mol. The molecule has 0 atom stereocenters. The highest BCUT2D eigenvalue weighted by molar-refractivity contribution is 5.89. The van der Waals surface area contributed by atoms with E-state index in [4.69, 9.17) is 5.73 Å². The van der Waals surface area contributed by atoms with Gasteiger partial charge >= 0.3 is 5.97 Å². The van der Waals surface area contributed by atoms with Gasteiger partial charge in [0.25, 0.3) is 0 Å². The van der Waals surface area contributed by atoms with Gasteiger partial charge in [0, 0.05) is 5.54 Å². The number of rotatable bonds is 4. The fourth-order valence-corrected chi connectivity index (χ4v) is 1.46. The summed E-state index contributed by atoms with van der Waals surface area (Å²) in [7, 11) is 1.27. The Bertz CT molecular complexity index is 509. The fraction of sp³-hybridized carbons (Fsp3) is 0.462. The molecule has 1 heterocycles. The molecule has 1 aromatic rings. The average Bonchev–Trinajstić information content (AvgIpc) is 2.34. The number of ether oxygens (including phenoxy) is 1. The van der Waals surface area contributed by atoms with Crippen LogP contribution in [0.4, 0.5) is 11.5 Å². The zero-order valence-electron chi connectivity index (χ0n) is 12.1. The van der Waals surface area contributed by atoms with E-state index in [2.05, 4.69) is 20.4 Å². The van der Waals surface area contributed by atoms with Crippen LogP contribution in [0.1, 0.15) is 31.3 Å². The first kappa shape index (κ1) is 15.7. The highest BCUT2D eigenvalue weighted by Crippen LogP contribution is 2.15. The first-order chi connectivity index (χ1) is 9.23. The van der Waals surface area contributed by atoms with Crippen LogP contribution in [0.3, 0.4) is 0 Å². The molecule has 4 N–H and O–H groups in total. The topological polar surface area (TPSA) is 106 Å². The number of hydrogen-bond donors (Lipinski definition) is 3. The second-order valence-corrected chi connectivity index (χ2v) is 5.28. The van der Waals surface area contributed by atoms with E-state index in [-0.39, 0.29) is 29.5 Å². The smallest absolute Gasteiger partial charge is 0.356 e. The lowest BCUT2D eigenvalue weighted by Gasteiger charge is -2.20. The molecule has 0 aliphatic carbocycles. The molecule has 20 heavy (non-hydrogen) atoms. The molecule has 0 saturated heterocycles. The maximum atomic E-state index is 11.7. The average molecular weight is 280 g/mol. The minimum Gasteiger partial charge on any atom is -0.464 e. The molecular formula is C13H20N4O3. The molecule has 0 spiro atoms. The molecule has 1 aromatic heterocycles. The Morgan fingerprint density at radius 2 is 2.00 bits per heavy atom. The summed E-state index contributed by atoms with van der Waals surface area (Å²) >= 11 is 0. The van der Waals surface area contributed by atoms with Crippen LogP contribution in [0.15, 0.2) is 12.1 Å². The van der Waals surface area contributed by atoms with E-state index >= 15 is 0 Å². The molecule has 0 aromatic carbocycles. The number of nitrogens with zero attached hydrogens (tertiary/aromatic N) is 1.